The number of methoxy groups -OCH3 is 1. The summed E-state index contributed by atoms with van der Waals surface area (Å²) in [5.41, 5.74) is 2.53. The molecular weight excluding hydrogens is 680 g/mol. The zero-order valence-electron chi connectivity index (χ0n) is 24.0. The van der Waals surface area contributed by atoms with E-state index in [1.165, 1.54) is 42.2 Å². The highest BCUT2D eigenvalue weighted by Gasteiger charge is 2.30. The number of thiazole rings is 1. The van der Waals surface area contributed by atoms with Gasteiger partial charge in [0, 0.05) is 33.5 Å². The highest BCUT2D eigenvalue weighted by Crippen LogP contribution is 2.39. The quantitative estimate of drug-likeness (QED) is 0.142. The van der Waals surface area contributed by atoms with E-state index in [0.717, 1.165) is 22.6 Å². The molecule has 0 radical (unpaired) electrons. The van der Waals surface area contributed by atoms with Gasteiger partial charge in [-0.3, -0.25) is 9.88 Å². The predicted molar refractivity (Wildman–Crippen MR) is 176 cm³/mol. The van der Waals surface area contributed by atoms with Crippen LogP contribution in [0, 0.1) is 5.82 Å². The minimum absolute atomic E-state index is 0.175. The third-order valence-electron chi connectivity index (χ3n) is 6.90. The molecule has 0 aliphatic carbocycles. The first-order chi connectivity index (χ1) is 21.4. The lowest BCUT2D eigenvalue weighted by Crippen LogP contribution is -2.34. The second-order valence-corrected chi connectivity index (χ2v) is 14.5. The van der Waals surface area contributed by atoms with Crippen LogP contribution in [0.5, 0.6) is 5.75 Å². The lowest BCUT2D eigenvalue weighted by molar-refractivity contribution is 0.256. The van der Waals surface area contributed by atoms with Crippen LogP contribution in [-0.2, 0) is 21.2 Å². The van der Waals surface area contributed by atoms with Gasteiger partial charge in [-0.1, -0.05) is 60.9 Å². The van der Waals surface area contributed by atoms with Gasteiger partial charge >= 0.3 is 6.03 Å². The van der Waals surface area contributed by atoms with E-state index < -0.39 is 21.5 Å². The lowest BCUT2D eigenvalue weighted by Gasteiger charge is -2.28. The fraction of sp³-hybridized carbons (Fsp3) is 0.167. The molecule has 2 heterocycles. The van der Waals surface area contributed by atoms with Crippen molar-refractivity contribution in [2.24, 2.45) is 0 Å². The summed E-state index contributed by atoms with van der Waals surface area (Å²) in [4.78, 5) is 20.6. The maximum Gasteiger partial charge on any atom is 0.334 e. The van der Waals surface area contributed by atoms with Crippen molar-refractivity contribution in [1.82, 2.24) is 19.3 Å². The van der Waals surface area contributed by atoms with E-state index in [0.29, 0.717) is 32.9 Å². The van der Waals surface area contributed by atoms with E-state index >= 15 is 0 Å². The average Bonchev–Trinajstić information content (AvgIpc) is 3.67. The predicted octanol–water partition coefficient (Wildman–Crippen LogP) is 7.91. The van der Waals surface area contributed by atoms with Crippen molar-refractivity contribution < 1.29 is 22.3 Å². The van der Waals surface area contributed by atoms with Crippen molar-refractivity contribution in [3.63, 3.8) is 0 Å². The molecule has 0 saturated carbocycles. The van der Waals surface area contributed by atoms with E-state index in [4.69, 9.17) is 32.9 Å². The molecule has 0 spiro atoms. The summed E-state index contributed by atoms with van der Waals surface area (Å²) < 4.78 is 48.8. The summed E-state index contributed by atoms with van der Waals surface area (Å²) in [5.74, 6) is 0.512. The van der Waals surface area contributed by atoms with Crippen molar-refractivity contribution in [2.45, 2.75) is 35.1 Å². The normalized spacial score (nSPS) is 11.8. The van der Waals surface area contributed by atoms with Crippen LogP contribution in [0.1, 0.15) is 30.7 Å². The lowest BCUT2D eigenvalue weighted by atomic mass is 9.81. The number of aromatic nitrogens is 3. The molecular formula is C30H26Cl2FN5O4S3. The highest BCUT2D eigenvalue weighted by molar-refractivity contribution is 7.98. The van der Waals surface area contributed by atoms with Crippen molar-refractivity contribution in [1.29, 1.82) is 0 Å². The van der Waals surface area contributed by atoms with E-state index in [1.807, 2.05) is 35.3 Å². The maximum atomic E-state index is 13.9. The number of halogens is 3. The molecule has 0 saturated heterocycles. The van der Waals surface area contributed by atoms with E-state index in [1.54, 1.807) is 43.0 Å². The van der Waals surface area contributed by atoms with Crippen LogP contribution in [0.2, 0.25) is 10.0 Å². The highest BCUT2D eigenvalue weighted by atomic mass is 35.5. The molecule has 0 aliphatic heterocycles. The minimum Gasteiger partial charge on any atom is -0.495 e. The maximum absolute atomic E-state index is 13.9. The molecule has 2 amide bonds. The first-order valence-electron chi connectivity index (χ1n) is 13.2. The van der Waals surface area contributed by atoms with Gasteiger partial charge in [-0.25, -0.2) is 32.3 Å². The Morgan fingerprint density at radius 1 is 1.07 bits per heavy atom. The molecule has 0 fully saturated rings. The number of carbonyl (C=O) groups excluding carboxylic acids is 1. The Labute approximate surface area is 277 Å². The molecule has 234 valence electrons. The van der Waals surface area contributed by atoms with Gasteiger partial charge in [-0.2, -0.15) is 0 Å². The second kappa shape index (κ2) is 13.4. The number of sulfonamides is 1. The number of nitrogens with one attached hydrogen (secondary N) is 2. The number of thioether (sulfide) groups is 1. The molecule has 0 bridgehead atoms. The number of carbonyl (C=O) groups is 1. The van der Waals surface area contributed by atoms with Crippen LogP contribution >= 0.6 is 46.3 Å². The molecule has 9 nitrogen and oxygen atoms in total. The number of imidazole rings is 1. The number of hydrogen-bond donors (Lipinski definition) is 2. The number of rotatable bonds is 10. The Morgan fingerprint density at radius 2 is 1.82 bits per heavy atom. The average molecular weight is 707 g/mol. The smallest absolute Gasteiger partial charge is 0.334 e. The molecule has 45 heavy (non-hydrogen) atoms. The van der Waals surface area contributed by atoms with E-state index in [-0.39, 0.29) is 20.9 Å². The Kier molecular flexibility index (Phi) is 9.75. The van der Waals surface area contributed by atoms with Crippen LogP contribution in [0.4, 0.5) is 14.3 Å². The summed E-state index contributed by atoms with van der Waals surface area (Å²) in [7, 11) is -2.65. The fourth-order valence-electron chi connectivity index (χ4n) is 4.46. The summed E-state index contributed by atoms with van der Waals surface area (Å²) in [5, 5.41) is 5.56. The number of nitrogens with zero attached hydrogens (tertiary/aromatic N) is 3. The minimum atomic E-state index is -4.20. The van der Waals surface area contributed by atoms with E-state index in [2.05, 4.69) is 10.3 Å². The molecule has 5 aromatic rings. The molecule has 0 unspecified atom stereocenters. The van der Waals surface area contributed by atoms with Crippen molar-refractivity contribution in [3.05, 3.63) is 111 Å². The van der Waals surface area contributed by atoms with Crippen LogP contribution in [0.15, 0.2) is 88.5 Å². The van der Waals surface area contributed by atoms with Crippen LogP contribution in [-0.4, -0.2) is 36.1 Å². The molecule has 0 aliphatic rings. The van der Waals surface area contributed by atoms with Gasteiger partial charge in [0.25, 0.3) is 10.0 Å². The summed E-state index contributed by atoms with van der Waals surface area (Å²) in [6.07, 6.45) is 3.25. The van der Waals surface area contributed by atoms with Gasteiger partial charge in [0.15, 0.2) is 10.3 Å². The van der Waals surface area contributed by atoms with Crippen LogP contribution in [0.25, 0.3) is 5.69 Å². The standard InChI is InChI=1S/C30H26Cl2FN5O4S3/c1-30(2,19-5-11-23(31)25(14-19)42-3)26-16-35-29(38(26)21-8-6-20(33)7-9-21)44-17-18-4-10-22(15-24(18)32)45(40,41)37-27(39)36-28-34-12-13-43-28/h4-16H,17H2,1-3H3,(H2,34,36,37,39). The SMILES string of the molecule is COc1cc(C(C)(C)c2cnc(SCc3ccc(S(=O)(=O)NC(=O)Nc4nccs4)cc3Cl)n2-c2ccc(F)cc2)ccc1Cl. The number of ether oxygens (including phenoxy) is 1. The fourth-order valence-corrected chi connectivity index (χ4v) is 7.50. The molecule has 15 heteroatoms. The van der Waals surface area contributed by atoms with E-state index in [9.17, 15) is 17.6 Å². The summed E-state index contributed by atoms with van der Waals surface area (Å²) >= 11 is 15.3. The summed E-state index contributed by atoms with van der Waals surface area (Å²) in [6.45, 7) is 4.09. The topological polar surface area (TPSA) is 115 Å². The molecule has 0 atom stereocenters. The Morgan fingerprint density at radius 3 is 2.49 bits per heavy atom. The van der Waals surface area contributed by atoms with Gasteiger partial charge < -0.3 is 4.74 Å². The zero-order chi connectivity index (χ0) is 32.4. The Hall–Kier alpha value is -3.62. The van der Waals surface area contributed by atoms with Gasteiger partial charge in [0.2, 0.25) is 0 Å². The Balaban J connectivity index is 1.41. The molecule has 2 N–H and O–H groups in total. The number of anilines is 1. The largest absolute Gasteiger partial charge is 0.495 e. The van der Waals surface area contributed by atoms with Crippen molar-refractivity contribution in [3.8, 4) is 11.4 Å². The van der Waals surface area contributed by atoms with Crippen LogP contribution in [0.3, 0.4) is 0 Å². The number of benzene rings is 3. The van der Waals surface area contributed by atoms with Gasteiger partial charge in [-0.15, -0.1) is 11.3 Å². The zero-order valence-corrected chi connectivity index (χ0v) is 28.0. The molecule has 3 aromatic carbocycles. The number of hydrogen-bond acceptors (Lipinski definition) is 8. The van der Waals surface area contributed by atoms with Crippen LogP contribution < -0.4 is 14.8 Å². The second-order valence-electron chi connectivity index (χ2n) is 10.2. The van der Waals surface area contributed by atoms with Gasteiger partial charge in [0.05, 0.1) is 28.9 Å². The summed E-state index contributed by atoms with van der Waals surface area (Å²) in [6, 6.07) is 15.0. The first kappa shape index (κ1) is 32.8. The molecule has 5 rings (SSSR count). The van der Waals surface area contributed by atoms with Crippen molar-refractivity contribution >= 4 is 67.5 Å². The van der Waals surface area contributed by atoms with Gasteiger partial charge in [0.1, 0.15) is 11.6 Å². The number of amides is 2. The van der Waals surface area contributed by atoms with Crippen molar-refractivity contribution in [2.75, 3.05) is 12.4 Å². The number of urea groups is 1. The third kappa shape index (κ3) is 7.28. The third-order valence-corrected chi connectivity index (χ3v) is 10.6. The Bertz CT molecular complexity index is 1950. The first-order valence-corrected chi connectivity index (χ1v) is 17.3. The van der Waals surface area contributed by atoms with Gasteiger partial charge in [-0.05, 0) is 59.7 Å². The monoisotopic (exact) mass is 705 g/mol. The molecule has 2 aromatic heterocycles.